The second-order valence-electron chi connectivity index (χ2n) is 10.7. The molecule has 0 saturated carbocycles. The molecule has 4 rings (SSSR count). The SMILES string of the molecule is C=CCOC(=O)[C@@H]1[C@H]2C(=O)N(CCCCCCO)C(C(=O)N(CC=C)CCN3CCOCC3)C23CC[C@H]1S3. The number of amides is 2. The van der Waals surface area contributed by atoms with Gasteiger partial charge >= 0.3 is 5.97 Å². The minimum Gasteiger partial charge on any atom is -0.461 e. The number of aliphatic hydroxyl groups excluding tert-OH is 1. The first-order valence-electron chi connectivity index (χ1n) is 14.0. The molecule has 2 unspecified atom stereocenters. The summed E-state index contributed by atoms with van der Waals surface area (Å²) in [7, 11) is 0. The van der Waals surface area contributed by atoms with E-state index in [0.29, 0.717) is 32.8 Å². The third-order valence-electron chi connectivity index (χ3n) is 8.41. The van der Waals surface area contributed by atoms with E-state index in [2.05, 4.69) is 18.1 Å². The number of esters is 1. The van der Waals surface area contributed by atoms with Crippen LogP contribution < -0.4 is 0 Å². The average Bonchev–Trinajstić information content (AvgIpc) is 3.57. The van der Waals surface area contributed by atoms with Gasteiger partial charge in [-0.05, 0) is 25.7 Å². The lowest BCUT2D eigenvalue weighted by molar-refractivity contribution is -0.153. The Hall–Kier alpha value is -1.88. The summed E-state index contributed by atoms with van der Waals surface area (Å²) in [5.41, 5.74) is 0. The van der Waals surface area contributed by atoms with Gasteiger partial charge in [0.15, 0.2) is 0 Å². The topological polar surface area (TPSA) is 99.6 Å². The summed E-state index contributed by atoms with van der Waals surface area (Å²) in [6.07, 6.45) is 8.06. The quantitative estimate of drug-likeness (QED) is 0.187. The number of morpholine rings is 1. The number of thioether (sulfide) groups is 1. The van der Waals surface area contributed by atoms with Gasteiger partial charge < -0.3 is 24.4 Å². The van der Waals surface area contributed by atoms with Gasteiger partial charge in [0.2, 0.25) is 11.8 Å². The van der Waals surface area contributed by atoms with Crippen molar-refractivity contribution in [1.29, 1.82) is 0 Å². The van der Waals surface area contributed by atoms with Gasteiger partial charge in [-0.25, -0.2) is 0 Å². The molecule has 4 saturated heterocycles. The Balaban J connectivity index is 1.57. The zero-order valence-electron chi connectivity index (χ0n) is 22.4. The molecule has 4 aliphatic rings. The molecule has 212 valence electrons. The highest BCUT2D eigenvalue weighted by Gasteiger charge is 2.74. The molecule has 0 radical (unpaired) electrons. The number of nitrogens with zero attached hydrogens (tertiary/aromatic N) is 3. The van der Waals surface area contributed by atoms with Gasteiger partial charge in [0.05, 0.1) is 29.8 Å². The minimum absolute atomic E-state index is 0.00975. The fourth-order valence-electron chi connectivity index (χ4n) is 6.63. The molecule has 1 spiro atoms. The monoisotopic (exact) mass is 549 g/mol. The maximum atomic E-state index is 14.3. The zero-order valence-corrected chi connectivity index (χ0v) is 23.2. The summed E-state index contributed by atoms with van der Waals surface area (Å²) in [6.45, 7) is 13.1. The van der Waals surface area contributed by atoms with Crippen LogP contribution in [-0.4, -0.2) is 119 Å². The van der Waals surface area contributed by atoms with Crippen LogP contribution >= 0.6 is 11.8 Å². The summed E-state index contributed by atoms with van der Waals surface area (Å²) in [6, 6.07) is -0.602. The third kappa shape index (κ3) is 5.83. The molecule has 4 aliphatic heterocycles. The second kappa shape index (κ2) is 13.5. The van der Waals surface area contributed by atoms with Crippen molar-refractivity contribution >= 4 is 29.5 Å². The van der Waals surface area contributed by atoms with Crippen LogP contribution in [-0.2, 0) is 23.9 Å². The van der Waals surface area contributed by atoms with Crippen LogP contribution in [0.5, 0.6) is 0 Å². The Morgan fingerprint density at radius 3 is 2.63 bits per heavy atom. The van der Waals surface area contributed by atoms with Gasteiger partial charge in [0, 0.05) is 51.1 Å². The fraction of sp³-hybridized carbons (Fsp3) is 0.750. The Morgan fingerprint density at radius 1 is 1.16 bits per heavy atom. The highest BCUT2D eigenvalue weighted by atomic mass is 32.2. The number of unbranched alkanes of at least 4 members (excludes halogenated alkanes) is 3. The van der Waals surface area contributed by atoms with E-state index in [0.717, 1.165) is 58.2 Å². The van der Waals surface area contributed by atoms with Gasteiger partial charge in [0.1, 0.15) is 12.6 Å². The van der Waals surface area contributed by atoms with E-state index in [1.807, 2.05) is 4.90 Å². The first kappa shape index (κ1) is 29.1. The molecule has 10 heteroatoms. The normalized spacial score (nSPS) is 30.3. The molecule has 5 atom stereocenters. The first-order valence-corrected chi connectivity index (χ1v) is 14.9. The maximum Gasteiger partial charge on any atom is 0.311 e. The van der Waals surface area contributed by atoms with Crippen molar-refractivity contribution in [1.82, 2.24) is 14.7 Å². The van der Waals surface area contributed by atoms with Crippen LogP contribution in [0.4, 0.5) is 0 Å². The van der Waals surface area contributed by atoms with E-state index in [4.69, 9.17) is 14.6 Å². The lowest BCUT2D eigenvalue weighted by atomic mass is 9.71. The van der Waals surface area contributed by atoms with E-state index < -0.39 is 22.6 Å². The van der Waals surface area contributed by atoms with Crippen molar-refractivity contribution in [2.75, 3.05) is 65.7 Å². The lowest BCUT2D eigenvalue weighted by Crippen LogP contribution is -2.56. The van der Waals surface area contributed by atoms with E-state index in [1.165, 1.54) is 6.08 Å². The predicted octanol–water partition coefficient (Wildman–Crippen LogP) is 1.71. The van der Waals surface area contributed by atoms with Crippen LogP contribution in [0, 0.1) is 11.8 Å². The average molecular weight is 550 g/mol. The third-order valence-corrected chi connectivity index (χ3v) is 10.4. The predicted molar refractivity (Wildman–Crippen MR) is 147 cm³/mol. The van der Waals surface area contributed by atoms with Crippen LogP contribution in [0.2, 0.25) is 0 Å². The van der Waals surface area contributed by atoms with Crippen molar-refractivity contribution in [3.8, 4) is 0 Å². The van der Waals surface area contributed by atoms with Gasteiger partial charge in [0.25, 0.3) is 0 Å². The van der Waals surface area contributed by atoms with E-state index >= 15 is 0 Å². The molecule has 0 aromatic carbocycles. The Morgan fingerprint density at radius 2 is 1.92 bits per heavy atom. The van der Waals surface area contributed by atoms with Crippen LogP contribution in [0.3, 0.4) is 0 Å². The highest BCUT2D eigenvalue weighted by Crippen LogP contribution is 2.66. The van der Waals surface area contributed by atoms with Crippen molar-refractivity contribution in [2.45, 2.75) is 54.6 Å². The van der Waals surface area contributed by atoms with E-state index in [-0.39, 0.29) is 36.2 Å². The smallest absolute Gasteiger partial charge is 0.311 e. The molecule has 0 aromatic rings. The van der Waals surface area contributed by atoms with Gasteiger partial charge in [-0.15, -0.1) is 18.3 Å². The fourth-order valence-corrected chi connectivity index (χ4v) is 8.83. The molecular formula is C28H43N3O6S. The number of rotatable bonds is 15. The largest absolute Gasteiger partial charge is 0.461 e. The number of aliphatic hydroxyl groups is 1. The van der Waals surface area contributed by atoms with E-state index in [1.54, 1.807) is 22.7 Å². The summed E-state index contributed by atoms with van der Waals surface area (Å²) in [5.74, 6) is -1.56. The number of hydrogen-bond donors (Lipinski definition) is 1. The van der Waals surface area contributed by atoms with Crippen LogP contribution in [0.15, 0.2) is 25.3 Å². The Bertz CT molecular complexity index is 881. The number of hydrogen-bond acceptors (Lipinski definition) is 8. The molecule has 2 amide bonds. The number of carbonyl (C=O) groups excluding carboxylic acids is 3. The molecule has 1 N–H and O–H groups in total. The number of likely N-dealkylation sites (tertiary alicyclic amines) is 1. The van der Waals surface area contributed by atoms with Gasteiger partial charge in [-0.3, -0.25) is 19.3 Å². The van der Waals surface area contributed by atoms with Crippen molar-refractivity contribution in [2.24, 2.45) is 11.8 Å². The van der Waals surface area contributed by atoms with Crippen LogP contribution in [0.25, 0.3) is 0 Å². The Labute approximate surface area is 230 Å². The van der Waals surface area contributed by atoms with Gasteiger partial charge in [-0.1, -0.05) is 31.6 Å². The van der Waals surface area contributed by atoms with Crippen molar-refractivity contribution in [3.63, 3.8) is 0 Å². The highest BCUT2D eigenvalue weighted by molar-refractivity contribution is 8.02. The molecule has 0 aromatic heterocycles. The molecule has 2 bridgehead atoms. The second-order valence-corrected chi connectivity index (χ2v) is 12.3. The number of fused-ring (bicyclic) bond motifs is 1. The van der Waals surface area contributed by atoms with Crippen molar-refractivity contribution < 1.29 is 29.0 Å². The zero-order chi connectivity index (χ0) is 27.1. The van der Waals surface area contributed by atoms with Gasteiger partial charge in [-0.2, -0.15) is 0 Å². The molecule has 4 fully saturated rings. The summed E-state index contributed by atoms with van der Waals surface area (Å²) < 4.78 is 10.3. The summed E-state index contributed by atoms with van der Waals surface area (Å²) >= 11 is 1.67. The first-order chi connectivity index (χ1) is 18.5. The van der Waals surface area contributed by atoms with Crippen molar-refractivity contribution in [3.05, 3.63) is 25.3 Å². The van der Waals surface area contributed by atoms with E-state index in [9.17, 15) is 14.4 Å². The Kier molecular flexibility index (Phi) is 10.3. The molecule has 0 aliphatic carbocycles. The number of ether oxygens (including phenoxy) is 2. The molecule has 9 nitrogen and oxygen atoms in total. The standard InChI is InChI=1S/C28H43N3O6S/c1-3-11-30(14-13-29-15-19-36-20-16-29)26(34)24-28-10-9-21(38-28)22(27(35)37-18-4-2)23(28)25(33)31(24)12-7-5-6-8-17-32/h3-4,21-24,32H,1-2,5-20H2/t21-,22+,23+,24?,28?/m1/s1. The lowest BCUT2D eigenvalue weighted by Gasteiger charge is -2.38. The van der Waals surface area contributed by atoms with Crippen LogP contribution in [0.1, 0.15) is 38.5 Å². The molecular weight excluding hydrogens is 506 g/mol. The summed E-state index contributed by atoms with van der Waals surface area (Å²) in [5, 5.41) is 9.12. The minimum atomic E-state index is -0.611. The number of carbonyl (C=O) groups is 3. The maximum absolute atomic E-state index is 14.3. The molecule has 38 heavy (non-hydrogen) atoms. The molecule has 4 heterocycles. The summed E-state index contributed by atoms with van der Waals surface area (Å²) in [4.78, 5) is 47.4.